The second-order valence-electron chi connectivity index (χ2n) is 5.58. The third kappa shape index (κ3) is 4.41. The third-order valence-corrected chi connectivity index (χ3v) is 3.42. The van der Waals surface area contributed by atoms with Gasteiger partial charge in [-0.2, -0.15) is 0 Å². The molecular weight excluding hydrogens is 311 g/mol. The number of carbonyl (C=O) groups excluding carboxylic acids is 1. The number of nitrogens with zero attached hydrogens (tertiary/aromatic N) is 2. The minimum Gasteiger partial charge on any atom is -0.355 e. The monoisotopic (exact) mass is 332 g/mol. The van der Waals surface area contributed by atoms with Gasteiger partial charge in [0, 0.05) is 24.0 Å². The number of halogens is 1. The summed E-state index contributed by atoms with van der Waals surface area (Å²) < 4.78 is 14.6. The van der Waals surface area contributed by atoms with Crippen LogP contribution in [0.4, 0.5) is 16.0 Å². The van der Waals surface area contributed by atoms with Gasteiger partial charge < -0.3 is 10.6 Å². The lowest BCUT2D eigenvalue weighted by Gasteiger charge is -2.14. The van der Waals surface area contributed by atoms with E-state index in [4.69, 9.17) is 0 Å². The Hall–Kier alpha value is -2.70. The van der Waals surface area contributed by atoms with Crippen LogP contribution in [0.2, 0.25) is 0 Å². The molecule has 1 aromatic carbocycles. The van der Waals surface area contributed by atoms with Gasteiger partial charge in [-0.3, -0.25) is 14.2 Å². The molecule has 0 saturated carbocycles. The molecule has 2 aromatic rings. The van der Waals surface area contributed by atoms with Gasteiger partial charge in [-0.05, 0) is 44.0 Å². The fraction of sp³-hybridized carbons (Fsp3) is 0.353. The smallest absolute Gasteiger partial charge is 0.255 e. The predicted molar refractivity (Wildman–Crippen MR) is 91.0 cm³/mol. The fourth-order valence-electron chi connectivity index (χ4n) is 2.18. The molecule has 0 radical (unpaired) electrons. The number of nitrogens with one attached hydrogen (secondary N) is 2. The van der Waals surface area contributed by atoms with E-state index in [0.717, 1.165) is 6.42 Å². The van der Waals surface area contributed by atoms with Crippen molar-refractivity contribution in [2.75, 3.05) is 11.9 Å². The normalized spacial score (nSPS) is 10.5. The minimum atomic E-state index is -0.324. The maximum Gasteiger partial charge on any atom is 0.255 e. The Labute approximate surface area is 139 Å². The molecule has 1 amide bonds. The summed E-state index contributed by atoms with van der Waals surface area (Å²) in [5.74, 6) is -0.324. The van der Waals surface area contributed by atoms with Gasteiger partial charge in [-0.25, -0.2) is 9.37 Å². The molecule has 0 fully saturated rings. The topological polar surface area (TPSA) is 76.0 Å². The van der Waals surface area contributed by atoms with Gasteiger partial charge in [0.1, 0.15) is 12.4 Å². The van der Waals surface area contributed by atoms with Crippen LogP contribution in [0, 0.1) is 19.7 Å². The average molecular weight is 332 g/mol. The standard InChI is InChI=1S/C17H21FN4O2/c1-4-7-19-15(23)10-22-16(24)9-12(3)20-17(22)21-13-5-6-14(18)11(2)8-13/h5-6,8-9H,4,7,10H2,1-3H3,(H,19,23)(H,20,21). The quantitative estimate of drug-likeness (QED) is 0.851. The molecule has 1 aromatic heterocycles. The lowest BCUT2D eigenvalue weighted by Crippen LogP contribution is -2.34. The molecule has 0 bridgehead atoms. The van der Waals surface area contributed by atoms with E-state index in [2.05, 4.69) is 15.6 Å². The van der Waals surface area contributed by atoms with Gasteiger partial charge in [-0.1, -0.05) is 6.92 Å². The first kappa shape index (κ1) is 17.7. The van der Waals surface area contributed by atoms with Gasteiger partial charge in [0.05, 0.1) is 0 Å². The second kappa shape index (κ2) is 7.72. The van der Waals surface area contributed by atoms with Gasteiger partial charge >= 0.3 is 0 Å². The zero-order chi connectivity index (χ0) is 17.7. The summed E-state index contributed by atoms with van der Waals surface area (Å²) >= 11 is 0. The van der Waals surface area contributed by atoms with Crippen LogP contribution < -0.4 is 16.2 Å². The summed E-state index contributed by atoms with van der Waals surface area (Å²) in [5.41, 5.74) is 1.28. The number of rotatable bonds is 6. The molecule has 6 nitrogen and oxygen atoms in total. The number of amides is 1. The van der Waals surface area contributed by atoms with Crippen LogP contribution in [0.25, 0.3) is 0 Å². The largest absolute Gasteiger partial charge is 0.355 e. The predicted octanol–water partition coefficient (Wildman–Crippen LogP) is 2.27. The van der Waals surface area contributed by atoms with Crippen LogP contribution in [0.1, 0.15) is 24.6 Å². The average Bonchev–Trinajstić information content (AvgIpc) is 2.52. The van der Waals surface area contributed by atoms with Gasteiger partial charge in [0.2, 0.25) is 11.9 Å². The van der Waals surface area contributed by atoms with Crippen LogP contribution in [0.5, 0.6) is 0 Å². The van der Waals surface area contributed by atoms with Crippen LogP contribution >= 0.6 is 0 Å². The molecule has 0 aliphatic carbocycles. The summed E-state index contributed by atoms with van der Waals surface area (Å²) in [7, 11) is 0. The highest BCUT2D eigenvalue weighted by Gasteiger charge is 2.12. The van der Waals surface area contributed by atoms with E-state index >= 15 is 0 Å². The number of benzene rings is 1. The van der Waals surface area contributed by atoms with Gasteiger partial charge in [-0.15, -0.1) is 0 Å². The van der Waals surface area contributed by atoms with Crippen LogP contribution in [0.3, 0.4) is 0 Å². The highest BCUT2D eigenvalue weighted by atomic mass is 19.1. The number of hydrogen-bond donors (Lipinski definition) is 2. The van der Waals surface area contributed by atoms with Crippen molar-refractivity contribution < 1.29 is 9.18 Å². The van der Waals surface area contributed by atoms with Crippen molar-refractivity contribution in [3.63, 3.8) is 0 Å². The van der Waals surface area contributed by atoms with Crippen molar-refractivity contribution in [3.05, 3.63) is 51.7 Å². The van der Waals surface area contributed by atoms with Crippen LogP contribution in [-0.2, 0) is 11.3 Å². The van der Waals surface area contributed by atoms with Crippen molar-refractivity contribution in [1.29, 1.82) is 0 Å². The number of aryl methyl sites for hydroxylation is 2. The van der Waals surface area contributed by atoms with Crippen LogP contribution in [0.15, 0.2) is 29.1 Å². The van der Waals surface area contributed by atoms with E-state index in [-0.39, 0.29) is 29.8 Å². The van der Waals surface area contributed by atoms with Gasteiger partial charge in [0.25, 0.3) is 5.56 Å². The van der Waals surface area contributed by atoms with Crippen molar-refractivity contribution in [3.8, 4) is 0 Å². The Kier molecular flexibility index (Phi) is 5.68. The Morgan fingerprint density at radius 2 is 2.04 bits per heavy atom. The van der Waals surface area contributed by atoms with Crippen molar-refractivity contribution >= 4 is 17.5 Å². The van der Waals surface area contributed by atoms with Gasteiger partial charge in [0.15, 0.2) is 0 Å². The SMILES string of the molecule is CCCNC(=O)Cn1c(Nc2ccc(F)c(C)c2)nc(C)cc1=O. The highest BCUT2D eigenvalue weighted by Crippen LogP contribution is 2.17. The first-order valence-corrected chi connectivity index (χ1v) is 7.79. The van der Waals surface area contributed by atoms with Crippen molar-refractivity contribution in [2.45, 2.75) is 33.7 Å². The summed E-state index contributed by atoms with van der Waals surface area (Å²) in [4.78, 5) is 28.5. The molecule has 0 aliphatic heterocycles. The van der Waals surface area contributed by atoms with E-state index in [1.165, 1.54) is 16.7 Å². The molecule has 24 heavy (non-hydrogen) atoms. The van der Waals surface area contributed by atoms with E-state index < -0.39 is 0 Å². The van der Waals surface area contributed by atoms with E-state index in [0.29, 0.717) is 23.5 Å². The molecule has 7 heteroatoms. The zero-order valence-corrected chi connectivity index (χ0v) is 14.0. The number of anilines is 2. The third-order valence-electron chi connectivity index (χ3n) is 3.42. The fourth-order valence-corrected chi connectivity index (χ4v) is 2.18. The zero-order valence-electron chi connectivity index (χ0n) is 14.0. The molecule has 0 unspecified atom stereocenters. The number of aromatic nitrogens is 2. The van der Waals surface area contributed by atoms with Crippen molar-refractivity contribution in [2.24, 2.45) is 0 Å². The maximum atomic E-state index is 13.4. The highest BCUT2D eigenvalue weighted by molar-refractivity contribution is 5.76. The second-order valence-corrected chi connectivity index (χ2v) is 5.58. The first-order chi connectivity index (χ1) is 11.4. The lowest BCUT2D eigenvalue weighted by molar-refractivity contribution is -0.121. The Morgan fingerprint density at radius 3 is 2.71 bits per heavy atom. The summed E-state index contributed by atoms with van der Waals surface area (Å²) in [6.07, 6.45) is 0.812. The Morgan fingerprint density at radius 1 is 1.29 bits per heavy atom. The molecule has 2 N–H and O–H groups in total. The number of hydrogen-bond acceptors (Lipinski definition) is 4. The van der Waals surface area contributed by atoms with E-state index in [1.807, 2.05) is 6.92 Å². The molecule has 128 valence electrons. The van der Waals surface area contributed by atoms with Crippen molar-refractivity contribution in [1.82, 2.24) is 14.9 Å². The van der Waals surface area contributed by atoms with Crippen LogP contribution in [-0.4, -0.2) is 22.0 Å². The first-order valence-electron chi connectivity index (χ1n) is 7.79. The number of carbonyl (C=O) groups is 1. The molecule has 0 spiro atoms. The molecule has 0 atom stereocenters. The summed E-state index contributed by atoms with van der Waals surface area (Å²) in [6, 6.07) is 5.88. The Bertz CT molecular complexity index is 802. The minimum absolute atomic E-state index is 0.130. The Balaban J connectivity index is 2.32. The molecule has 1 heterocycles. The summed E-state index contributed by atoms with van der Waals surface area (Å²) in [6.45, 7) is 5.71. The summed E-state index contributed by atoms with van der Waals surface area (Å²) in [5, 5.41) is 5.72. The van der Waals surface area contributed by atoms with E-state index in [1.54, 1.807) is 26.0 Å². The van der Waals surface area contributed by atoms with E-state index in [9.17, 15) is 14.0 Å². The maximum absolute atomic E-state index is 13.4. The molecule has 0 saturated heterocycles. The molecular formula is C17H21FN4O2. The molecule has 0 aliphatic rings. The lowest BCUT2D eigenvalue weighted by atomic mass is 10.2. The molecule has 2 rings (SSSR count).